The number of carbonyl (C=O) groups is 2. The molecule has 8 heteroatoms. The molecule has 0 saturated carbocycles. The van der Waals surface area contributed by atoms with Crippen molar-refractivity contribution in [3.8, 4) is 0 Å². The van der Waals surface area contributed by atoms with E-state index in [1.165, 1.54) is 11.8 Å². The van der Waals surface area contributed by atoms with Crippen molar-refractivity contribution in [3.63, 3.8) is 0 Å². The zero-order valence-corrected chi connectivity index (χ0v) is 16.9. The summed E-state index contributed by atoms with van der Waals surface area (Å²) in [5.74, 6) is 0.0991. The molecule has 1 aromatic carbocycles. The van der Waals surface area contributed by atoms with Gasteiger partial charge >= 0.3 is 5.97 Å². The normalized spacial score (nSPS) is 20.2. The van der Waals surface area contributed by atoms with Crippen LogP contribution in [0.25, 0.3) is 0 Å². The number of allylic oxidation sites excluding steroid dienone is 1. The first-order valence-corrected chi connectivity index (χ1v) is 9.94. The Morgan fingerprint density at radius 3 is 2.73 bits per heavy atom. The third kappa shape index (κ3) is 3.63. The number of hydrogen-bond acceptors (Lipinski definition) is 5. The number of hydrogen-bond donors (Lipinski definition) is 0. The molecule has 0 unspecified atom stereocenters. The van der Waals surface area contributed by atoms with Crippen molar-refractivity contribution in [1.82, 2.24) is 4.90 Å². The van der Waals surface area contributed by atoms with E-state index in [0.717, 1.165) is 0 Å². The molecule has 0 radical (unpaired) electrons. The average Bonchev–Trinajstić information content (AvgIpc) is 2.55. The van der Waals surface area contributed by atoms with E-state index in [9.17, 15) is 9.59 Å². The van der Waals surface area contributed by atoms with Gasteiger partial charge in [-0.3, -0.25) is 9.69 Å². The third-order valence-electron chi connectivity index (χ3n) is 4.03. The van der Waals surface area contributed by atoms with Gasteiger partial charge < -0.3 is 4.74 Å². The molecule has 2 aliphatic heterocycles. The minimum Gasteiger partial charge on any atom is -0.459 e. The average molecular weight is 413 g/mol. The van der Waals surface area contributed by atoms with Crippen LogP contribution in [0.5, 0.6) is 0 Å². The van der Waals surface area contributed by atoms with E-state index < -0.39 is 12.0 Å². The van der Waals surface area contributed by atoms with Crippen molar-refractivity contribution < 1.29 is 14.3 Å². The lowest BCUT2D eigenvalue weighted by Crippen LogP contribution is -2.46. The minimum absolute atomic E-state index is 0.0825. The van der Waals surface area contributed by atoms with Crippen molar-refractivity contribution in [3.05, 3.63) is 45.1 Å². The van der Waals surface area contributed by atoms with Crippen LogP contribution in [0.15, 0.2) is 34.5 Å². The topological polar surface area (TPSA) is 59.0 Å². The molecule has 1 saturated heterocycles. The van der Waals surface area contributed by atoms with Gasteiger partial charge in [0, 0.05) is 12.2 Å². The first-order chi connectivity index (χ1) is 12.3. The molecule has 1 atom stereocenters. The molecule has 0 bridgehead atoms. The van der Waals surface area contributed by atoms with Gasteiger partial charge in [-0.2, -0.15) is 0 Å². The molecule has 3 rings (SSSR count). The molecule has 2 aliphatic rings. The Hall–Kier alpha value is -1.50. The fourth-order valence-electron chi connectivity index (χ4n) is 2.93. The molecular weight excluding hydrogens is 395 g/mol. The van der Waals surface area contributed by atoms with Crippen LogP contribution in [0.3, 0.4) is 0 Å². The van der Waals surface area contributed by atoms with Gasteiger partial charge in [0.2, 0.25) is 5.91 Å². The summed E-state index contributed by atoms with van der Waals surface area (Å²) in [6.07, 6.45) is 0.0987. The van der Waals surface area contributed by atoms with E-state index in [1.807, 2.05) is 0 Å². The van der Waals surface area contributed by atoms with Crippen molar-refractivity contribution in [1.29, 1.82) is 0 Å². The molecule has 2 heterocycles. The number of amides is 1. The van der Waals surface area contributed by atoms with Gasteiger partial charge in [0.25, 0.3) is 0 Å². The molecule has 0 aliphatic carbocycles. The fourth-order valence-corrected chi connectivity index (χ4v) is 4.25. The lowest BCUT2D eigenvalue weighted by molar-refractivity contribution is -0.143. The summed E-state index contributed by atoms with van der Waals surface area (Å²) in [4.78, 5) is 31.5. The first kappa shape index (κ1) is 19.3. The number of nitrogens with zero attached hydrogens (tertiary/aromatic N) is 2. The Morgan fingerprint density at radius 1 is 1.35 bits per heavy atom. The monoisotopic (exact) mass is 412 g/mol. The summed E-state index contributed by atoms with van der Waals surface area (Å²) in [7, 11) is 0. The van der Waals surface area contributed by atoms with E-state index in [1.54, 1.807) is 43.9 Å². The molecule has 138 valence electrons. The lowest BCUT2D eigenvalue weighted by Gasteiger charge is -2.39. The number of carbonyl (C=O) groups excluding carboxylic acids is 2. The van der Waals surface area contributed by atoms with Crippen LogP contribution in [-0.4, -0.2) is 33.8 Å². The number of rotatable bonds is 3. The quantitative estimate of drug-likeness (QED) is 0.680. The number of benzene rings is 1. The first-order valence-electron chi connectivity index (χ1n) is 8.20. The van der Waals surface area contributed by atoms with Crippen LogP contribution in [0.1, 0.15) is 38.8 Å². The van der Waals surface area contributed by atoms with Crippen molar-refractivity contribution in [2.75, 3.05) is 5.75 Å². The van der Waals surface area contributed by atoms with Gasteiger partial charge in [0.15, 0.2) is 5.17 Å². The van der Waals surface area contributed by atoms with Gasteiger partial charge in [-0.15, -0.1) is 0 Å². The Kier molecular flexibility index (Phi) is 5.65. The SMILES string of the molecule is CC1=C(C(=O)OC(C)C)[C@@H](c2ccc(Cl)c(Cl)c2)N2C(=O)CCSC2=N1. The fraction of sp³-hybridized carbons (Fsp3) is 0.389. The van der Waals surface area contributed by atoms with Gasteiger partial charge in [0.05, 0.1) is 33.5 Å². The predicted molar refractivity (Wildman–Crippen MR) is 104 cm³/mol. The van der Waals surface area contributed by atoms with E-state index >= 15 is 0 Å². The maximum Gasteiger partial charge on any atom is 0.338 e. The highest BCUT2D eigenvalue weighted by Crippen LogP contribution is 2.41. The van der Waals surface area contributed by atoms with E-state index in [4.69, 9.17) is 27.9 Å². The lowest BCUT2D eigenvalue weighted by atomic mass is 9.94. The largest absolute Gasteiger partial charge is 0.459 e. The van der Waals surface area contributed by atoms with Gasteiger partial charge in [-0.25, -0.2) is 9.79 Å². The van der Waals surface area contributed by atoms with E-state index in [2.05, 4.69) is 4.99 Å². The number of thioether (sulfide) groups is 1. The number of halogens is 2. The highest BCUT2D eigenvalue weighted by molar-refractivity contribution is 8.14. The Labute approximate surface area is 166 Å². The molecule has 1 amide bonds. The Balaban J connectivity index is 2.16. The molecule has 26 heavy (non-hydrogen) atoms. The zero-order valence-electron chi connectivity index (χ0n) is 14.6. The van der Waals surface area contributed by atoms with Crippen LogP contribution in [0, 0.1) is 0 Å². The van der Waals surface area contributed by atoms with Crippen LogP contribution in [0.2, 0.25) is 10.0 Å². The minimum atomic E-state index is -0.635. The molecule has 5 nitrogen and oxygen atoms in total. The summed E-state index contributed by atoms with van der Waals surface area (Å²) >= 11 is 13.7. The third-order valence-corrected chi connectivity index (χ3v) is 5.72. The predicted octanol–water partition coefficient (Wildman–Crippen LogP) is 4.60. The highest BCUT2D eigenvalue weighted by atomic mass is 35.5. The number of amidine groups is 1. The summed E-state index contributed by atoms with van der Waals surface area (Å²) in [5, 5.41) is 1.36. The van der Waals surface area contributed by atoms with Crippen molar-refractivity contribution >= 4 is 52.0 Å². The van der Waals surface area contributed by atoms with Crippen LogP contribution < -0.4 is 0 Å². The number of esters is 1. The van der Waals surface area contributed by atoms with E-state index in [0.29, 0.717) is 44.2 Å². The molecule has 1 aromatic rings. The summed E-state index contributed by atoms with van der Waals surface area (Å²) in [6, 6.07) is 4.47. The standard InChI is InChI=1S/C18H18Cl2N2O3S/c1-9(2)25-17(24)15-10(3)21-18-22(14(23)6-7-26-18)16(15)11-4-5-12(19)13(20)8-11/h4-5,8-9,16H,6-7H2,1-3H3/t16-/m1/s1. The summed E-state index contributed by atoms with van der Waals surface area (Å²) in [5.41, 5.74) is 1.58. The highest BCUT2D eigenvalue weighted by Gasteiger charge is 2.41. The second-order valence-corrected chi connectivity index (χ2v) is 8.16. The second kappa shape index (κ2) is 7.62. The van der Waals surface area contributed by atoms with Crippen molar-refractivity contribution in [2.45, 2.75) is 39.3 Å². The smallest absolute Gasteiger partial charge is 0.338 e. The van der Waals surface area contributed by atoms with E-state index in [-0.39, 0.29) is 12.0 Å². The van der Waals surface area contributed by atoms with Crippen LogP contribution in [0.4, 0.5) is 0 Å². The molecule has 1 fully saturated rings. The second-order valence-electron chi connectivity index (χ2n) is 6.29. The summed E-state index contributed by atoms with van der Waals surface area (Å²) < 4.78 is 5.41. The molecular formula is C18H18Cl2N2O3S. The van der Waals surface area contributed by atoms with Gasteiger partial charge in [-0.05, 0) is 38.5 Å². The van der Waals surface area contributed by atoms with Crippen molar-refractivity contribution in [2.24, 2.45) is 4.99 Å². The van der Waals surface area contributed by atoms with Crippen LogP contribution >= 0.6 is 35.0 Å². The number of ether oxygens (including phenoxy) is 1. The Morgan fingerprint density at radius 2 is 2.08 bits per heavy atom. The number of fused-ring (bicyclic) bond motifs is 1. The molecule has 0 aromatic heterocycles. The maximum absolute atomic E-state index is 12.8. The zero-order chi connectivity index (χ0) is 19.0. The van der Waals surface area contributed by atoms with Crippen LogP contribution in [-0.2, 0) is 14.3 Å². The molecule has 0 spiro atoms. The van der Waals surface area contributed by atoms with Gasteiger partial charge in [-0.1, -0.05) is 41.0 Å². The maximum atomic E-state index is 12.8. The molecule has 0 N–H and O–H groups in total. The Bertz CT molecular complexity index is 836. The van der Waals surface area contributed by atoms with Gasteiger partial charge in [0.1, 0.15) is 0 Å². The number of aliphatic imine (C=N–C) groups is 1. The summed E-state index contributed by atoms with van der Waals surface area (Å²) in [6.45, 7) is 5.31.